The van der Waals surface area contributed by atoms with Crippen LogP contribution in [0.1, 0.15) is 0 Å². The van der Waals surface area contributed by atoms with Gasteiger partial charge in [0.25, 0.3) is 0 Å². The molecule has 54 valence electrons. The molecule has 4 N–H and O–H groups in total. The molecular weight excluding hydrogens is 132 g/mol. The summed E-state index contributed by atoms with van der Waals surface area (Å²) < 4.78 is 1.39. The lowest BCUT2D eigenvalue weighted by Crippen LogP contribution is -2.18. The fourth-order valence-electron chi connectivity index (χ4n) is 0.626. The molecule has 5 nitrogen and oxygen atoms in total. The van der Waals surface area contributed by atoms with Gasteiger partial charge >= 0.3 is 0 Å². The molecule has 1 aromatic heterocycles. The average molecular weight is 140 g/mol. The average Bonchev–Trinajstić information content (AvgIpc) is 2.13. The Labute approximate surface area is 57.6 Å². The number of primary amides is 1. The van der Waals surface area contributed by atoms with Gasteiger partial charge in [-0.25, -0.2) is 0 Å². The number of anilines is 1. The SMILES string of the molecule is NC(=O)Cn1cc(N)cn1. The first-order valence-corrected chi connectivity index (χ1v) is 2.75. The topological polar surface area (TPSA) is 86.9 Å². The van der Waals surface area contributed by atoms with Crippen LogP contribution in [0.3, 0.4) is 0 Å². The van der Waals surface area contributed by atoms with Gasteiger partial charge in [0.15, 0.2) is 0 Å². The predicted molar refractivity (Wildman–Crippen MR) is 35.8 cm³/mol. The van der Waals surface area contributed by atoms with Crippen LogP contribution >= 0.6 is 0 Å². The maximum atomic E-state index is 10.3. The summed E-state index contributed by atoms with van der Waals surface area (Å²) >= 11 is 0. The van der Waals surface area contributed by atoms with Gasteiger partial charge in [-0.1, -0.05) is 0 Å². The molecule has 0 atom stereocenters. The van der Waals surface area contributed by atoms with Crippen LogP contribution in [0.5, 0.6) is 0 Å². The van der Waals surface area contributed by atoms with Gasteiger partial charge in [-0.15, -0.1) is 0 Å². The quantitative estimate of drug-likeness (QED) is 0.549. The van der Waals surface area contributed by atoms with E-state index in [2.05, 4.69) is 5.10 Å². The summed E-state index contributed by atoms with van der Waals surface area (Å²) in [6.07, 6.45) is 3.01. The van der Waals surface area contributed by atoms with E-state index in [-0.39, 0.29) is 6.54 Å². The van der Waals surface area contributed by atoms with Crippen LogP contribution in [0.25, 0.3) is 0 Å². The lowest BCUT2D eigenvalue weighted by molar-refractivity contribution is -0.118. The largest absolute Gasteiger partial charge is 0.396 e. The molecule has 10 heavy (non-hydrogen) atoms. The van der Waals surface area contributed by atoms with Gasteiger partial charge in [0.2, 0.25) is 5.91 Å². The number of nitrogen functional groups attached to an aromatic ring is 1. The van der Waals surface area contributed by atoms with Gasteiger partial charge in [-0.05, 0) is 0 Å². The fourth-order valence-corrected chi connectivity index (χ4v) is 0.626. The zero-order valence-corrected chi connectivity index (χ0v) is 5.32. The second-order valence-corrected chi connectivity index (χ2v) is 1.94. The maximum absolute atomic E-state index is 10.3. The van der Waals surface area contributed by atoms with E-state index in [1.54, 1.807) is 6.20 Å². The van der Waals surface area contributed by atoms with E-state index >= 15 is 0 Å². The van der Waals surface area contributed by atoms with Gasteiger partial charge in [0.05, 0.1) is 11.9 Å². The van der Waals surface area contributed by atoms with Crippen molar-refractivity contribution in [3.8, 4) is 0 Å². The number of hydrogen-bond acceptors (Lipinski definition) is 3. The molecule has 0 saturated carbocycles. The summed E-state index contributed by atoms with van der Waals surface area (Å²) in [6, 6.07) is 0. The number of carbonyl (C=O) groups excluding carboxylic acids is 1. The molecular formula is C5H8N4O. The highest BCUT2D eigenvalue weighted by atomic mass is 16.1. The molecule has 0 radical (unpaired) electrons. The molecule has 0 aliphatic carbocycles. The van der Waals surface area contributed by atoms with Gasteiger partial charge in [-0.3, -0.25) is 9.48 Å². The van der Waals surface area contributed by atoms with Crippen LogP contribution in [0.15, 0.2) is 12.4 Å². The molecule has 5 heteroatoms. The minimum absolute atomic E-state index is 0.0806. The van der Waals surface area contributed by atoms with E-state index in [1.807, 2.05) is 0 Å². The molecule has 0 spiro atoms. The smallest absolute Gasteiger partial charge is 0.239 e. The standard InChI is InChI=1S/C5H8N4O/c6-4-1-8-9(2-4)3-5(7)10/h1-2H,3,6H2,(H2,7,10). The fraction of sp³-hybridized carbons (Fsp3) is 0.200. The highest BCUT2D eigenvalue weighted by molar-refractivity contribution is 5.73. The normalized spacial score (nSPS) is 9.60. The van der Waals surface area contributed by atoms with Crippen molar-refractivity contribution in [3.63, 3.8) is 0 Å². The number of rotatable bonds is 2. The number of nitrogens with zero attached hydrogens (tertiary/aromatic N) is 2. The van der Waals surface area contributed by atoms with Crippen LogP contribution in [-0.2, 0) is 11.3 Å². The van der Waals surface area contributed by atoms with E-state index < -0.39 is 5.91 Å². The molecule has 0 aliphatic rings. The zero-order valence-electron chi connectivity index (χ0n) is 5.32. The van der Waals surface area contributed by atoms with E-state index in [4.69, 9.17) is 11.5 Å². The van der Waals surface area contributed by atoms with Gasteiger partial charge in [-0.2, -0.15) is 5.10 Å². The van der Waals surface area contributed by atoms with Crippen LogP contribution in [0.2, 0.25) is 0 Å². The monoisotopic (exact) mass is 140 g/mol. The number of aromatic nitrogens is 2. The lowest BCUT2D eigenvalue weighted by Gasteiger charge is -1.92. The number of hydrogen-bond donors (Lipinski definition) is 2. The van der Waals surface area contributed by atoms with Crippen molar-refractivity contribution in [1.29, 1.82) is 0 Å². The van der Waals surface area contributed by atoms with Gasteiger partial charge in [0.1, 0.15) is 6.54 Å². The van der Waals surface area contributed by atoms with Crippen molar-refractivity contribution in [1.82, 2.24) is 9.78 Å². The molecule has 0 saturated heterocycles. The summed E-state index contributed by atoms with van der Waals surface area (Å²) in [7, 11) is 0. The number of amides is 1. The Kier molecular flexibility index (Phi) is 1.57. The van der Waals surface area contributed by atoms with E-state index in [9.17, 15) is 4.79 Å². The Morgan fingerprint density at radius 1 is 1.80 bits per heavy atom. The highest BCUT2D eigenvalue weighted by Crippen LogP contribution is 1.96. The highest BCUT2D eigenvalue weighted by Gasteiger charge is 1.96. The minimum atomic E-state index is -0.428. The molecule has 0 fully saturated rings. The van der Waals surface area contributed by atoms with E-state index in [1.165, 1.54) is 10.9 Å². The summed E-state index contributed by atoms with van der Waals surface area (Å²) in [5, 5.41) is 3.75. The van der Waals surface area contributed by atoms with E-state index in [0.29, 0.717) is 5.69 Å². The predicted octanol–water partition coefficient (Wildman–Crippen LogP) is -1.05. The third kappa shape index (κ3) is 1.48. The molecule has 1 heterocycles. The summed E-state index contributed by atoms with van der Waals surface area (Å²) in [5.41, 5.74) is 10.7. The van der Waals surface area contributed by atoms with Crippen molar-refractivity contribution in [2.24, 2.45) is 5.73 Å². The Hall–Kier alpha value is -1.52. The molecule has 0 bridgehead atoms. The van der Waals surface area contributed by atoms with Crippen molar-refractivity contribution < 1.29 is 4.79 Å². The molecule has 1 aromatic rings. The van der Waals surface area contributed by atoms with Gasteiger partial charge < -0.3 is 11.5 Å². The van der Waals surface area contributed by atoms with Crippen molar-refractivity contribution in [3.05, 3.63) is 12.4 Å². The first kappa shape index (κ1) is 6.60. The Morgan fingerprint density at radius 3 is 2.90 bits per heavy atom. The second kappa shape index (κ2) is 2.38. The molecule has 1 amide bonds. The zero-order chi connectivity index (χ0) is 7.56. The summed E-state index contributed by atoms with van der Waals surface area (Å²) in [5.74, 6) is -0.428. The Balaban J connectivity index is 2.67. The Bertz CT molecular complexity index is 242. The van der Waals surface area contributed by atoms with Crippen LogP contribution in [0, 0.1) is 0 Å². The number of nitrogens with two attached hydrogens (primary N) is 2. The second-order valence-electron chi connectivity index (χ2n) is 1.94. The summed E-state index contributed by atoms with van der Waals surface area (Å²) in [4.78, 5) is 10.3. The van der Waals surface area contributed by atoms with Crippen molar-refractivity contribution >= 4 is 11.6 Å². The van der Waals surface area contributed by atoms with Crippen LogP contribution < -0.4 is 11.5 Å². The summed E-state index contributed by atoms with van der Waals surface area (Å²) in [6.45, 7) is 0.0806. The van der Waals surface area contributed by atoms with E-state index in [0.717, 1.165) is 0 Å². The first-order valence-electron chi connectivity index (χ1n) is 2.75. The minimum Gasteiger partial charge on any atom is -0.396 e. The third-order valence-corrected chi connectivity index (χ3v) is 0.971. The van der Waals surface area contributed by atoms with Gasteiger partial charge in [0, 0.05) is 6.20 Å². The van der Waals surface area contributed by atoms with Crippen LogP contribution in [-0.4, -0.2) is 15.7 Å². The lowest BCUT2D eigenvalue weighted by atomic mass is 10.6. The van der Waals surface area contributed by atoms with Crippen LogP contribution in [0.4, 0.5) is 5.69 Å². The van der Waals surface area contributed by atoms with Crippen molar-refractivity contribution in [2.75, 3.05) is 5.73 Å². The first-order chi connectivity index (χ1) is 4.68. The molecule has 0 unspecified atom stereocenters. The maximum Gasteiger partial charge on any atom is 0.239 e. The molecule has 0 aliphatic heterocycles. The third-order valence-electron chi connectivity index (χ3n) is 0.971. The number of carbonyl (C=O) groups is 1. The van der Waals surface area contributed by atoms with Crippen molar-refractivity contribution in [2.45, 2.75) is 6.54 Å². The molecule has 1 rings (SSSR count). The Morgan fingerprint density at radius 2 is 2.50 bits per heavy atom. The molecule has 0 aromatic carbocycles.